The molecular formula is C14H26N2. The SMILES string of the molecule is CC.CC(C)n1ncc2c1CCC(C)(C)C2. The second kappa shape index (κ2) is 5.03. The van der Waals surface area contributed by atoms with E-state index in [1.54, 1.807) is 0 Å². The summed E-state index contributed by atoms with van der Waals surface area (Å²) < 4.78 is 2.19. The highest BCUT2D eigenvalue weighted by atomic mass is 15.3. The van der Waals surface area contributed by atoms with E-state index < -0.39 is 0 Å². The van der Waals surface area contributed by atoms with Crippen molar-refractivity contribution in [2.45, 2.75) is 66.8 Å². The van der Waals surface area contributed by atoms with Gasteiger partial charge in [-0.15, -0.1) is 0 Å². The maximum absolute atomic E-state index is 4.48. The second-order valence-electron chi connectivity index (χ2n) is 5.50. The Morgan fingerprint density at radius 2 is 1.94 bits per heavy atom. The molecule has 1 aromatic rings. The normalized spacial score (nSPS) is 17.7. The molecule has 2 rings (SSSR count). The van der Waals surface area contributed by atoms with E-state index >= 15 is 0 Å². The topological polar surface area (TPSA) is 17.8 Å². The van der Waals surface area contributed by atoms with Crippen LogP contribution in [0, 0.1) is 5.41 Å². The van der Waals surface area contributed by atoms with Gasteiger partial charge in [-0.1, -0.05) is 27.7 Å². The van der Waals surface area contributed by atoms with Gasteiger partial charge in [0.1, 0.15) is 0 Å². The highest BCUT2D eigenvalue weighted by Gasteiger charge is 2.28. The minimum atomic E-state index is 0.470. The van der Waals surface area contributed by atoms with E-state index in [1.165, 1.54) is 30.5 Å². The molecule has 2 nitrogen and oxygen atoms in total. The molecule has 0 amide bonds. The first kappa shape index (κ1) is 13.3. The number of nitrogens with zero attached hydrogens (tertiary/aromatic N) is 2. The molecule has 0 spiro atoms. The Hall–Kier alpha value is -0.790. The Bertz CT molecular complexity index is 335. The first-order valence-electron chi connectivity index (χ1n) is 6.55. The van der Waals surface area contributed by atoms with Crippen LogP contribution in [0.25, 0.3) is 0 Å². The zero-order valence-corrected chi connectivity index (χ0v) is 11.7. The van der Waals surface area contributed by atoms with Crippen molar-refractivity contribution < 1.29 is 0 Å². The van der Waals surface area contributed by atoms with Crippen LogP contribution in [0.4, 0.5) is 0 Å². The lowest BCUT2D eigenvalue weighted by Gasteiger charge is -2.30. The maximum Gasteiger partial charge on any atom is 0.0524 e. The lowest BCUT2D eigenvalue weighted by Crippen LogP contribution is -2.23. The van der Waals surface area contributed by atoms with Crippen LogP contribution >= 0.6 is 0 Å². The predicted molar refractivity (Wildman–Crippen MR) is 69.8 cm³/mol. The number of hydrogen-bond acceptors (Lipinski definition) is 1. The van der Waals surface area contributed by atoms with E-state index in [-0.39, 0.29) is 0 Å². The molecule has 0 saturated heterocycles. The summed E-state index contributed by atoms with van der Waals surface area (Å²) in [5.41, 5.74) is 3.41. The van der Waals surface area contributed by atoms with Gasteiger partial charge in [0, 0.05) is 11.7 Å². The summed E-state index contributed by atoms with van der Waals surface area (Å²) in [5, 5.41) is 4.48. The summed E-state index contributed by atoms with van der Waals surface area (Å²) in [5.74, 6) is 0. The Morgan fingerprint density at radius 1 is 1.31 bits per heavy atom. The molecule has 0 bridgehead atoms. The summed E-state index contributed by atoms with van der Waals surface area (Å²) in [6.07, 6.45) is 5.74. The van der Waals surface area contributed by atoms with Crippen LogP contribution < -0.4 is 0 Å². The quantitative estimate of drug-likeness (QED) is 0.702. The number of aromatic nitrogens is 2. The van der Waals surface area contributed by atoms with Crippen molar-refractivity contribution in [1.29, 1.82) is 0 Å². The van der Waals surface area contributed by atoms with Crippen molar-refractivity contribution in [2.24, 2.45) is 5.41 Å². The lowest BCUT2D eigenvalue weighted by molar-refractivity contribution is 0.307. The first-order valence-corrected chi connectivity index (χ1v) is 6.55. The summed E-state index contributed by atoms with van der Waals surface area (Å²) in [6, 6.07) is 0.500. The molecule has 0 radical (unpaired) electrons. The zero-order valence-electron chi connectivity index (χ0n) is 11.7. The molecule has 0 atom stereocenters. The summed E-state index contributed by atoms with van der Waals surface area (Å²) in [6.45, 7) is 13.1. The van der Waals surface area contributed by atoms with Gasteiger partial charge in [-0.25, -0.2) is 0 Å². The van der Waals surface area contributed by atoms with Crippen LogP contribution in [0.5, 0.6) is 0 Å². The minimum Gasteiger partial charge on any atom is -0.267 e. The number of fused-ring (bicyclic) bond motifs is 1. The fourth-order valence-electron chi connectivity index (χ4n) is 2.35. The van der Waals surface area contributed by atoms with Crippen LogP contribution in [0.1, 0.15) is 65.3 Å². The molecule has 92 valence electrons. The minimum absolute atomic E-state index is 0.470. The number of hydrogen-bond donors (Lipinski definition) is 0. The molecule has 1 aliphatic carbocycles. The fraction of sp³-hybridized carbons (Fsp3) is 0.786. The molecule has 0 unspecified atom stereocenters. The van der Waals surface area contributed by atoms with Gasteiger partial charge in [0.05, 0.1) is 6.20 Å². The Balaban J connectivity index is 0.000000606. The van der Waals surface area contributed by atoms with Gasteiger partial charge >= 0.3 is 0 Å². The molecule has 0 aromatic carbocycles. The van der Waals surface area contributed by atoms with E-state index in [9.17, 15) is 0 Å². The Morgan fingerprint density at radius 3 is 2.50 bits per heavy atom. The van der Waals surface area contributed by atoms with Crippen molar-refractivity contribution in [3.8, 4) is 0 Å². The zero-order chi connectivity index (χ0) is 12.3. The molecule has 2 heteroatoms. The highest BCUT2D eigenvalue weighted by Crippen LogP contribution is 2.35. The molecule has 0 N–H and O–H groups in total. The van der Waals surface area contributed by atoms with Gasteiger partial charge in [-0.3, -0.25) is 4.68 Å². The van der Waals surface area contributed by atoms with Crippen LogP contribution in [-0.2, 0) is 12.8 Å². The Labute approximate surface area is 100 Å². The van der Waals surface area contributed by atoms with Crippen LogP contribution in [-0.4, -0.2) is 9.78 Å². The third-order valence-electron chi connectivity index (χ3n) is 3.18. The summed E-state index contributed by atoms with van der Waals surface area (Å²) in [7, 11) is 0. The maximum atomic E-state index is 4.48. The fourth-order valence-corrected chi connectivity index (χ4v) is 2.35. The largest absolute Gasteiger partial charge is 0.267 e. The summed E-state index contributed by atoms with van der Waals surface area (Å²) in [4.78, 5) is 0. The van der Waals surface area contributed by atoms with E-state index in [0.717, 1.165) is 0 Å². The lowest BCUT2D eigenvalue weighted by atomic mass is 9.77. The van der Waals surface area contributed by atoms with Gasteiger partial charge < -0.3 is 0 Å². The number of rotatable bonds is 1. The first-order chi connectivity index (χ1) is 7.49. The Kier molecular flexibility index (Phi) is 4.17. The third-order valence-corrected chi connectivity index (χ3v) is 3.18. The van der Waals surface area contributed by atoms with Gasteiger partial charge in [0.15, 0.2) is 0 Å². The van der Waals surface area contributed by atoms with Gasteiger partial charge in [-0.2, -0.15) is 5.10 Å². The van der Waals surface area contributed by atoms with Gasteiger partial charge in [-0.05, 0) is 44.1 Å². The average Bonchev–Trinajstić information content (AvgIpc) is 2.61. The van der Waals surface area contributed by atoms with Crippen LogP contribution in [0.2, 0.25) is 0 Å². The predicted octanol–water partition coefficient (Wildman–Crippen LogP) is 4.01. The van der Waals surface area contributed by atoms with Gasteiger partial charge in [0.25, 0.3) is 0 Å². The van der Waals surface area contributed by atoms with E-state index in [4.69, 9.17) is 0 Å². The average molecular weight is 222 g/mol. The molecule has 1 aliphatic rings. The molecule has 0 saturated carbocycles. The van der Waals surface area contributed by atoms with Crippen molar-refractivity contribution in [3.05, 3.63) is 17.5 Å². The monoisotopic (exact) mass is 222 g/mol. The van der Waals surface area contributed by atoms with Crippen molar-refractivity contribution in [3.63, 3.8) is 0 Å². The van der Waals surface area contributed by atoms with Crippen molar-refractivity contribution in [1.82, 2.24) is 9.78 Å². The van der Waals surface area contributed by atoms with E-state index in [0.29, 0.717) is 11.5 Å². The molecule has 0 aliphatic heterocycles. The molecule has 1 aromatic heterocycles. The van der Waals surface area contributed by atoms with Crippen LogP contribution in [0.3, 0.4) is 0 Å². The smallest absolute Gasteiger partial charge is 0.0524 e. The molecular weight excluding hydrogens is 196 g/mol. The van der Waals surface area contributed by atoms with Crippen molar-refractivity contribution >= 4 is 0 Å². The van der Waals surface area contributed by atoms with Crippen molar-refractivity contribution in [2.75, 3.05) is 0 Å². The second-order valence-corrected chi connectivity index (χ2v) is 5.50. The molecule has 16 heavy (non-hydrogen) atoms. The summed E-state index contributed by atoms with van der Waals surface area (Å²) >= 11 is 0. The third kappa shape index (κ3) is 2.66. The molecule has 1 heterocycles. The highest BCUT2D eigenvalue weighted by molar-refractivity contribution is 5.23. The standard InChI is InChI=1S/C12H20N2.C2H6/c1-9(2)14-11-5-6-12(3,4)7-10(11)8-13-14;1-2/h8-9H,5-7H2,1-4H3;1-2H3. The van der Waals surface area contributed by atoms with E-state index in [1.807, 2.05) is 13.8 Å². The van der Waals surface area contributed by atoms with Gasteiger partial charge in [0.2, 0.25) is 0 Å². The van der Waals surface area contributed by atoms with Crippen LogP contribution in [0.15, 0.2) is 6.20 Å². The molecule has 0 fully saturated rings. The van der Waals surface area contributed by atoms with E-state index in [2.05, 4.69) is 43.7 Å².